The second-order valence-electron chi connectivity index (χ2n) is 3.66. The molecule has 2 aromatic rings. The summed E-state index contributed by atoms with van der Waals surface area (Å²) in [7, 11) is 0. The van der Waals surface area contributed by atoms with Crippen LogP contribution in [0.15, 0.2) is 28.2 Å². The molecule has 0 atom stereocenters. The van der Waals surface area contributed by atoms with Crippen molar-refractivity contribution in [3.05, 3.63) is 48.7 Å². The van der Waals surface area contributed by atoms with Crippen LogP contribution in [0.4, 0.5) is 11.5 Å². The summed E-state index contributed by atoms with van der Waals surface area (Å²) in [5.41, 5.74) is 0.639. The largest absolute Gasteiger partial charge is 0.365 e. The second kappa shape index (κ2) is 5.45. The van der Waals surface area contributed by atoms with Crippen LogP contribution < -0.4 is 5.32 Å². The zero-order chi connectivity index (χ0) is 13.1. The molecule has 0 bridgehead atoms. The minimum atomic E-state index is -0.400. The van der Waals surface area contributed by atoms with Crippen molar-refractivity contribution < 1.29 is 4.92 Å². The Morgan fingerprint density at radius 3 is 3.00 bits per heavy atom. The number of anilines is 1. The fraction of sp³-hybridized carbons (Fsp3) is 0.182. The van der Waals surface area contributed by atoms with Crippen LogP contribution in [0.5, 0.6) is 0 Å². The van der Waals surface area contributed by atoms with Crippen molar-refractivity contribution in [2.75, 3.05) is 5.32 Å². The predicted octanol–water partition coefficient (Wildman–Crippen LogP) is 3.73. The maximum absolute atomic E-state index is 10.8. The van der Waals surface area contributed by atoms with E-state index in [0.717, 1.165) is 9.35 Å². The Hall–Kier alpha value is -1.47. The molecule has 18 heavy (non-hydrogen) atoms. The van der Waals surface area contributed by atoms with E-state index in [-0.39, 0.29) is 5.69 Å². The third-order valence-corrected chi connectivity index (χ3v) is 4.32. The summed E-state index contributed by atoms with van der Waals surface area (Å²) in [5.74, 6) is 0.507. The molecule has 0 amide bonds. The van der Waals surface area contributed by atoms with Crippen molar-refractivity contribution in [3.8, 4) is 0 Å². The van der Waals surface area contributed by atoms with Crippen LogP contribution in [0, 0.1) is 17.0 Å². The van der Waals surface area contributed by atoms with Crippen LogP contribution >= 0.6 is 27.3 Å². The number of aromatic nitrogens is 1. The highest BCUT2D eigenvalue weighted by Gasteiger charge is 2.12. The molecule has 1 N–H and O–H groups in total. The van der Waals surface area contributed by atoms with Gasteiger partial charge < -0.3 is 5.32 Å². The number of hydrogen-bond acceptors (Lipinski definition) is 5. The standard InChI is InChI=1S/C11H10BrN3O2S/c1-7-5-13-11(4-9(7)15(16)17)14-6-10-8(12)2-3-18-10/h2-5H,6H2,1H3,(H,13,14). The zero-order valence-corrected chi connectivity index (χ0v) is 11.9. The lowest BCUT2D eigenvalue weighted by Crippen LogP contribution is -2.02. The summed E-state index contributed by atoms with van der Waals surface area (Å²) in [5, 5.41) is 15.9. The van der Waals surface area contributed by atoms with Gasteiger partial charge in [0.25, 0.3) is 5.69 Å². The number of aryl methyl sites for hydroxylation is 1. The molecule has 0 unspecified atom stereocenters. The first-order valence-corrected chi connectivity index (χ1v) is 6.82. The predicted molar refractivity (Wildman–Crippen MR) is 75.0 cm³/mol. The van der Waals surface area contributed by atoms with Crippen molar-refractivity contribution >= 4 is 38.8 Å². The zero-order valence-electron chi connectivity index (χ0n) is 9.51. The topological polar surface area (TPSA) is 68.1 Å². The van der Waals surface area contributed by atoms with E-state index in [1.165, 1.54) is 12.3 Å². The molecule has 0 aliphatic heterocycles. The molecule has 2 heterocycles. The third kappa shape index (κ3) is 2.85. The Bertz CT molecular complexity index is 585. The number of hydrogen-bond donors (Lipinski definition) is 1. The van der Waals surface area contributed by atoms with Crippen molar-refractivity contribution in [3.63, 3.8) is 0 Å². The molecule has 7 heteroatoms. The first-order chi connectivity index (χ1) is 8.58. The van der Waals surface area contributed by atoms with Gasteiger partial charge in [-0.3, -0.25) is 10.1 Å². The average molecular weight is 328 g/mol. The molecule has 0 aliphatic carbocycles. The van der Waals surface area contributed by atoms with Crippen LogP contribution in [0.2, 0.25) is 0 Å². The third-order valence-electron chi connectivity index (χ3n) is 2.39. The van der Waals surface area contributed by atoms with Gasteiger partial charge in [0.05, 0.1) is 17.5 Å². The lowest BCUT2D eigenvalue weighted by atomic mass is 10.2. The monoisotopic (exact) mass is 327 g/mol. The van der Waals surface area contributed by atoms with Crippen molar-refractivity contribution in [1.82, 2.24) is 4.98 Å². The van der Waals surface area contributed by atoms with Gasteiger partial charge in [-0.25, -0.2) is 4.98 Å². The van der Waals surface area contributed by atoms with Crippen LogP contribution in [-0.2, 0) is 6.54 Å². The Morgan fingerprint density at radius 1 is 1.61 bits per heavy atom. The minimum absolute atomic E-state index is 0.0812. The van der Waals surface area contributed by atoms with Gasteiger partial charge in [-0.15, -0.1) is 11.3 Å². The SMILES string of the molecule is Cc1cnc(NCc2sccc2Br)cc1[N+](=O)[O-]. The first kappa shape index (κ1) is 13.0. The normalized spacial score (nSPS) is 10.3. The number of rotatable bonds is 4. The molecular weight excluding hydrogens is 318 g/mol. The van der Waals surface area contributed by atoms with Gasteiger partial charge in [0.1, 0.15) is 5.82 Å². The molecule has 5 nitrogen and oxygen atoms in total. The van der Waals surface area contributed by atoms with E-state index in [9.17, 15) is 10.1 Å². The number of nitrogens with zero attached hydrogens (tertiary/aromatic N) is 2. The fourth-order valence-corrected chi connectivity index (χ4v) is 2.86. The number of pyridine rings is 1. The van der Waals surface area contributed by atoms with Crippen molar-refractivity contribution in [1.29, 1.82) is 0 Å². The first-order valence-electron chi connectivity index (χ1n) is 5.14. The molecule has 0 saturated heterocycles. The number of thiophene rings is 1. The molecule has 2 rings (SSSR count). The Kier molecular flexibility index (Phi) is 3.93. The van der Waals surface area contributed by atoms with Gasteiger partial charge in [0, 0.05) is 21.1 Å². The summed E-state index contributed by atoms with van der Waals surface area (Å²) < 4.78 is 1.03. The van der Waals surface area contributed by atoms with Crippen LogP contribution in [-0.4, -0.2) is 9.91 Å². The lowest BCUT2D eigenvalue weighted by molar-refractivity contribution is -0.385. The van der Waals surface area contributed by atoms with Crippen LogP contribution in [0.1, 0.15) is 10.4 Å². The second-order valence-corrected chi connectivity index (χ2v) is 5.51. The highest BCUT2D eigenvalue weighted by atomic mass is 79.9. The lowest BCUT2D eigenvalue weighted by Gasteiger charge is -2.05. The molecule has 0 fully saturated rings. The molecule has 0 aliphatic rings. The molecular formula is C11H10BrN3O2S. The fourth-order valence-electron chi connectivity index (χ4n) is 1.43. The van der Waals surface area contributed by atoms with Crippen molar-refractivity contribution in [2.45, 2.75) is 13.5 Å². The quantitative estimate of drug-likeness (QED) is 0.686. The number of nitro groups is 1. The summed E-state index contributed by atoms with van der Waals surface area (Å²) in [4.78, 5) is 15.7. The molecule has 0 spiro atoms. The molecule has 0 radical (unpaired) electrons. The maximum atomic E-state index is 10.8. The highest BCUT2D eigenvalue weighted by molar-refractivity contribution is 9.10. The van der Waals surface area contributed by atoms with Crippen LogP contribution in [0.25, 0.3) is 0 Å². The summed E-state index contributed by atoms with van der Waals surface area (Å²) in [6, 6.07) is 3.42. The van der Waals surface area contributed by atoms with Gasteiger partial charge in [0.2, 0.25) is 0 Å². The van der Waals surface area contributed by atoms with Crippen LogP contribution in [0.3, 0.4) is 0 Å². The van der Waals surface area contributed by atoms with E-state index in [0.29, 0.717) is 17.9 Å². The van der Waals surface area contributed by atoms with Gasteiger partial charge in [-0.05, 0) is 34.3 Å². The minimum Gasteiger partial charge on any atom is -0.365 e. The number of halogens is 1. The smallest absolute Gasteiger partial charge is 0.277 e. The number of nitrogens with one attached hydrogen (secondary N) is 1. The molecule has 0 saturated carbocycles. The Balaban J connectivity index is 2.13. The van der Waals surface area contributed by atoms with E-state index in [2.05, 4.69) is 26.2 Å². The molecule has 0 aromatic carbocycles. The van der Waals surface area contributed by atoms with Gasteiger partial charge >= 0.3 is 0 Å². The average Bonchev–Trinajstić information content (AvgIpc) is 2.73. The molecule has 94 valence electrons. The van der Waals surface area contributed by atoms with Gasteiger partial charge in [0.15, 0.2) is 0 Å². The maximum Gasteiger partial charge on any atom is 0.277 e. The summed E-state index contributed by atoms with van der Waals surface area (Å²) in [6.07, 6.45) is 1.50. The highest BCUT2D eigenvalue weighted by Crippen LogP contribution is 2.24. The Labute approximate surface area is 116 Å². The molecule has 2 aromatic heterocycles. The van der Waals surface area contributed by atoms with E-state index in [1.54, 1.807) is 18.3 Å². The van der Waals surface area contributed by atoms with Gasteiger partial charge in [-0.2, -0.15) is 0 Å². The van der Waals surface area contributed by atoms with E-state index in [1.807, 2.05) is 11.4 Å². The van der Waals surface area contributed by atoms with E-state index >= 15 is 0 Å². The van der Waals surface area contributed by atoms with Gasteiger partial charge in [-0.1, -0.05) is 0 Å². The summed E-state index contributed by atoms with van der Waals surface area (Å²) in [6.45, 7) is 2.26. The summed E-state index contributed by atoms with van der Waals surface area (Å²) >= 11 is 5.04. The van der Waals surface area contributed by atoms with Crippen molar-refractivity contribution in [2.24, 2.45) is 0 Å². The Morgan fingerprint density at radius 2 is 2.39 bits per heavy atom. The van der Waals surface area contributed by atoms with E-state index < -0.39 is 4.92 Å². The van der Waals surface area contributed by atoms with E-state index in [4.69, 9.17) is 0 Å².